The van der Waals surface area contributed by atoms with Crippen LogP contribution in [0, 0.1) is 25.7 Å². The van der Waals surface area contributed by atoms with Gasteiger partial charge in [-0.3, -0.25) is 19.3 Å². The minimum absolute atomic E-state index is 0.0225. The lowest BCUT2D eigenvalue weighted by atomic mass is 9.85. The van der Waals surface area contributed by atoms with Crippen LogP contribution in [0.2, 0.25) is 0 Å². The number of Topliss-reactive ketones (excluding diaryl/α,β-unsaturated/α-hetero) is 1. The van der Waals surface area contributed by atoms with Crippen LogP contribution < -0.4 is 4.90 Å². The van der Waals surface area contributed by atoms with Gasteiger partial charge in [-0.05, 0) is 56.5 Å². The Balaban J connectivity index is 1.56. The molecule has 0 spiro atoms. The van der Waals surface area contributed by atoms with Crippen molar-refractivity contribution in [2.75, 3.05) is 11.4 Å². The molecule has 2 aromatic rings. The summed E-state index contributed by atoms with van der Waals surface area (Å²) in [6, 6.07) is 14.2. The van der Waals surface area contributed by atoms with Gasteiger partial charge in [0.05, 0.1) is 23.6 Å². The number of nitrogens with zero attached hydrogens (tertiary/aromatic N) is 2. The highest BCUT2D eigenvalue weighted by molar-refractivity contribution is 6.24. The lowest BCUT2D eigenvalue weighted by molar-refractivity contribution is -0.123. The Bertz CT molecular complexity index is 1020. The van der Waals surface area contributed by atoms with E-state index in [1.54, 1.807) is 12.1 Å². The normalized spacial score (nSPS) is 28.7. The predicted octanol–water partition coefficient (Wildman–Crippen LogP) is 3.14. The van der Waals surface area contributed by atoms with E-state index in [9.17, 15) is 14.4 Å². The third-order valence-electron chi connectivity index (χ3n) is 6.93. The van der Waals surface area contributed by atoms with Gasteiger partial charge in [-0.1, -0.05) is 36.4 Å². The monoisotopic (exact) mass is 388 g/mol. The molecule has 0 N–H and O–H groups in total. The molecule has 29 heavy (non-hydrogen) atoms. The molecule has 148 valence electrons. The van der Waals surface area contributed by atoms with Crippen molar-refractivity contribution < 1.29 is 14.4 Å². The van der Waals surface area contributed by atoms with E-state index in [4.69, 9.17) is 0 Å². The highest BCUT2D eigenvalue weighted by Crippen LogP contribution is 2.48. The molecule has 2 amide bonds. The second kappa shape index (κ2) is 6.63. The van der Waals surface area contributed by atoms with Gasteiger partial charge in [0.1, 0.15) is 0 Å². The summed E-state index contributed by atoms with van der Waals surface area (Å²) in [7, 11) is 0. The van der Waals surface area contributed by atoms with Crippen molar-refractivity contribution in [1.82, 2.24) is 4.90 Å². The summed E-state index contributed by atoms with van der Waals surface area (Å²) >= 11 is 0. The Morgan fingerprint density at radius 2 is 1.66 bits per heavy atom. The molecule has 3 aliphatic rings. The van der Waals surface area contributed by atoms with E-state index in [2.05, 4.69) is 4.90 Å². The topological polar surface area (TPSA) is 57.7 Å². The molecular weight excluding hydrogens is 364 g/mol. The minimum Gasteiger partial charge on any atom is -0.292 e. The summed E-state index contributed by atoms with van der Waals surface area (Å²) in [5.41, 5.74) is 3.38. The molecule has 0 radical (unpaired) electrons. The number of carbonyl (C=O) groups is 3. The molecule has 3 heterocycles. The van der Waals surface area contributed by atoms with Crippen molar-refractivity contribution in [2.45, 2.75) is 38.8 Å². The quantitative estimate of drug-likeness (QED) is 0.599. The molecule has 5 nitrogen and oxygen atoms in total. The zero-order chi connectivity index (χ0) is 20.3. The molecule has 3 saturated heterocycles. The molecule has 2 aromatic carbocycles. The van der Waals surface area contributed by atoms with Crippen LogP contribution in [0.15, 0.2) is 48.5 Å². The fourth-order valence-corrected chi connectivity index (χ4v) is 5.41. The molecule has 3 fully saturated rings. The predicted molar refractivity (Wildman–Crippen MR) is 110 cm³/mol. The van der Waals surface area contributed by atoms with Crippen LogP contribution in [-0.2, 0) is 9.59 Å². The smallest absolute Gasteiger partial charge is 0.239 e. The Kier molecular flexibility index (Phi) is 4.17. The number of imide groups is 1. The third kappa shape index (κ3) is 2.60. The molecule has 0 aliphatic carbocycles. The maximum atomic E-state index is 13.5. The number of fused-ring (bicyclic) bond motifs is 3. The highest BCUT2D eigenvalue weighted by Gasteiger charge is 2.64. The summed E-state index contributed by atoms with van der Waals surface area (Å²) in [5, 5.41) is 0. The highest BCUT2D eigenvalue weighted by atomic mass is 16.2. The van der Waals surface area contributed by atoms with E-state index in [1.807, 2.05) is 50.2 Å². The lowest BCUT2D eigenvalue weighted by Crippen LogP contribution is -2.46. The summed E-state index contributed by atoms with van der Waals surface area (Å²) in [6.45, 7) is 4.75. The van der Waals surface area contributed by atoms with Crippen LogP contribution in [0.25, 0.3) is 0 Å². The molecule has 0 aromatic heterocycles. The van der Waals surface area contributed by atoms with E-state index < -0.39 is 17.9 Å². The van der Waals surface area contributed by atoms with Gasteiger partial charge in [0.2, 0.25) is 11.8 Å². The van der Waals surface area contributed by atoms with E-state index >= 15 is 0 Å². The van der Waals surface area contributed by atoms with E-state index in [0.717, 1.165) is 30.5 Å². The number of amides is 2. The van der Waals surface area contributed by atoms with Crippen molar-refractivity contribution in [2.24, 2.45) is 11.8 Å². The molecular formula is C24H24N2O3. The zero-order valence-electron chi connectivity index (χ0n) is 16.7. The van der Waals surface area contributed by atoms with E-state index in [-0.39, 0.29) is 23.6 Å². The van der Waals surface area contributed by atoms with Gasteiger partial charge in [0.25, 0.3) is 0 Å². The average molecular weight is 388 g/mol. The van der Waals surface area contributed by atoms with Crippen molar-refractivity contribution in [3.8, 4) is 0 Å². The molecule has 4 atom stereocenters. The fourth-order valence-electron chi connectivity index (χ4n) is 5.41. The molecule has 5 heteroatoms. The van der Waals surface area contributed by atoms with Gasteiger partial charge in [0.15, 0.2) is 5.78 Å². The van der Waals surface area contributed by atoms with Crippen LogP contribution in [0.5, 0.6) is 0 Å². The zero-order valence-corrected chi connectivity index (χ0v) is 16.7. The summed E-state index contributed by atoms with van der Waals surface area (Å²) in [6.07, 6.45) is 1.82. The van der Waals surface area contributed by atoms with E-state index in [1.165, 1.54) is 4.90 Å². The Morgan fingerprint density at radius 3 is 2.38 bits per heavy atom. The van der Waals surface area contributed by atoms with Crippen molar-refractivity contribution in [3.63, 3.8) is 0 Å². The average Bonchev–Trinajstić information content (AvgIpc) is 3.37. The Hall–Kier alpha value is -2.79. The standard InChI is InChI=1S/C24H24N2O3/c1-14-10-11-17(13-15(14)2)26-23(28)19-18-9-6-12-25(18)21(20(19)24(26)29)22(27)16-7-4-3-5-8-16/h3-5,7-8,10-11,13,18-21H,6,9,12H2,1-2H3/t18-,19-,20-,21+/m1/s1. The first kappa shape index (κ1) is 18.3. The first-order chi connectivity index (χ1) is 14.0. The van der Waals surface area contributed by atoms with Crippen LogP contribution in [0.1, 0.15) is 34.3 Å². The van der Waals surface area contributed by atoms with Crippen molar-refractivity contribution in [3.05, 3.63) is 65.2 Å². The molecule has 0 unspecified atom stereocenters. The van der Waals surface area contributed by atoms with Crippen LogP contribution >= 0.6 is 0 Å². The fraction of sp³-hybridized carbons (Fsp3) is 0.375. The summed E-state index contributed by atoms with van der Waals surface area (Å²) < 4.78 is 0. The van der Waals surface area contributed by atoms with Crippen LogP contribution in [0.4, 0.5) is 5.69 Å². The van der Waals surface area contributed by atoms with Crippen molar-refractivity contribution in [1.29, 1.82) is 0 Å². The lowest BCUT2D eigenvalue weighted by Gasteiger charge is -2.27. The maximum absolute atomic E-state index is 13.5. The van der Waals surface area contributed by atoms with Gasteiger partial charge in [0, 0.05) is 11.6 Å². The molecule has 0 bridgehead atoms. The second-order valence-corrected chi connectivity index (χ2v) is 8.45. The largest absolute Gasteiger partial charge is 0.292 e. The number of rotatable bonds is 3. The maximum Gasteiger partial charge on any atom is 0.239 e. The number of anilines is 1. The van der Waals surface area contributed by atoms with Crippen LogP contribution in [0.3, 0.4) is 0 Å². The van der Waals surface area contributed by atoms with Gasteiger partial charge < -0.3 is 0 Å². The Morgan fingerprint density at radius 1 is 0.931 bits per heavy atom. The minimum atomic E-state index is -0.595. The third-order valence-corrected chi connectivity index (χ3v) is 6.93. The van der Waals surface area contributed by atoms with E-state index in [0.29, 0.717) is 11.3 Å². The first-order valence-corrected chi connectivity index (χ1v) is 10.3. The number of ketones is 1. The first-order valence-electron chi connectivity index (χ1n) is 10.3. The van der Waals surface area contributed by atoms with Gasteiger partial charge >= 0.3 is 0 Å². The molecule has 3 aliphatic heterocycles. The SMILES string of the molecule is Cc1ccc(N2C(=O)[C@@H]3[C@H](C2=O)[C@H]2CCCN2[C@@H]3C(=O)c2ccccc2)cc1C. The summed E-state index contributed by atoms with van der Waals surface area (Å²) in [5.74, 6) is -1.45. The number of hydrogen-bond donors (Lipinski definition) is 0. The van der Waals surface area contributed by atoms with Gasteiger partial charge in [-0.2, -0.15) is 0 Å². The second-order valence-electron chi connectivity index (χ2n) is 8.45. The number of hydrogen-bond acceptors (Lipinski definition) is 4. The molecule has 0 saturated carbocycles. The summed E-state index contributed by atoms with van der Waals surface area (Å²) in [4.78, 5) is 43.8. The number of benzene rings is 2. The number of carbonyl (C=O) groups excluding carboxylic acids is 3. The van der Waals surface area contributed by atoms with Gasteiger partial charge in [-0.15, -0.1) is 0 Å². The molecule has 5 rings (SSSR count). The Labute approximate surface area is 170 Å². The number of aryl methyl sites for hydroxylation is 2. The van der Waals surface area contributed by atoms with Crippen molar-refractivity contribution >= 4 is 23.3 Å². The van der Waals surface area contributed by atoms with Crippen LogP contribution in [-0.4, -0.2) is 41.1 Å². The van der Waals surface area contributed by atoms with Gasteiger partial charge in [-0.25, -0.2) is 4.90 Å².